The van der Waals surface area contributed by atoms with Gasteiger partial charge in [-0.05, 0) is 71.2 Å². The van der Waals surface area contributed by atoms with Crippen molar-refractivity contribution in [3.05, 3.63) is 92.4 Å². The van der Waals surface area contributed by atoms with E-state index < -0.39 is 0 Å². The largest absolute Gasteiger partial charge is 0.488 e. The predicted molar refractivity (Wildman–Crippen MR) is 113 cm³/mol. The molecule has 0 fully saturated rings. The van der Waals surface area contributed by atoms with Crippen LogP contribution in [0.4, 0.5) is 5.69 Å². The standard InChI is InChI=1S/C22H19BrClNO/c1-15-7-9-21(16(2)11-15)25-13-17-8-10-22(19(23)12-17)26-14-18-5-3-4-6-20(18)24/h3-13H,14H2,1-2H3. The van der Waals surface area contributed by atoms with E-state index in [1.54, 1.807) is 0 Å². The first-order chi connectivity index (χ1) is 12.5. The maximum atomic E-state index is 6.17. The highest BCUT2D eigenvalue weighted by Gasteiger charge is 2.05. The molecule has 0 atom stereocenters. The lowest BCUT2D eigenvalue weighted by Crippen LogP contribution is -1.97. The average Bonchev–Trinajstić information content (AvgIpc) is 2.61. The van der Waals surface area contributed by atoms with Gasteiger partial charge in [0.2, 0.25) is 0 Å². The molecule has 4 heteroatoms. The zero-order chi connectivity index (χ0) is 18.5. The number of hydrogen-bond donors (Lipinski definition) is 0. The average molecular weight is 429 g/mol. The Labute approximate surface area is 167 Å². The van der Waals surface area contributed by atoms with Crippen LogP contribution in [-0.2, 0) is 6.61 Å². The lowest BCUT2D eigenvalue weighted by molar-refractivity contribution is 0.304. The van der Waals surface area contributed by atoms with Gasteiger partial charge in [-0.1, -0.05) is 47.5 Å². The molecule has 0 heterocycles. The number of aryl methyl sites for hydroxylation is 2. The Morgan fingerprint density at radius 1 is 1.04 bits per heavy atom. The first kappa shape index (κ1) is 18.7. The highest BCUT2D eigenvalue weighted by molar-refractivity contribution is 9.10. The van der Waals surface area contributed by atoms with Crippen molar-refractivity contribution in [3.8, 4) is 5.75 Å². The van der Waals surface area contributed by atoms with Crippen molar-refractivity contribution in [2.24, 2.45) is 4.99 Å². The maximum Gasteiger partial charge on any atom is 0.134 e. The van der Waals surface area contributed by atoms with Crippen LogP contribution in [-0.4, -0.2) is 6.21 Å². The Bertz CT molecular complexity index is 953. The molecule has 0 aliphatic heterocycles. The van der Waals surface area contributed by atoms with Crippen molar-refractivity contribution in [2.45, 2.75) is 20.5 Å². The van der Waals surface area contributed by atoms with Gasteiger partial charge in [-0.15, -0.1) is 0 Å². The third-order valence-corrected chi connectivity index (χ3v) is 4.99. The first-order valence-electron chi connectivity index (χ1n) is 8.30. The quantitative estimate of drug-likeness (QED) is 0.399. The van der Waals surface area contributed by atoms with Gasteiger partial charge in [-0.2, -0.15) is 0 Å². The summed E-state index contributed by atoms with van der Waals surface area (Å²) in [4.78, 5) is 4.59. The Kier molecular flexibility index (Phi) is 6.12. The first-order valence-corrected chi connectivity index (χ1v) is 9.47. The molecule has 0 aromatic heterocycles. The van der Waals surface area contributed by atoms with Crippen LogP contribution < -0.4 is 4.74 Å². The molecule has 0 amide bonds. The molecule has 0 N–H and O–H groups in total. The van der Waals surface area contributed by atoms with Crippen molar-refractivity contribution in [1.82, 2.24) is 0 Å². The molecule has 3 aromatic carbocycles. The monoisotopic (exact) mass is 427 g/mol. The summed E-state index contributed by atoms with van der Waals surface area (Å²) in [5.41, 5.74) is 5.35. The highest BCUT2D eigenvalue weighted by Crippen LogP contribution is 2.28. The minimum atomic E-state index is 0.425. The van der Waals surface area contributed by atoms with E-state index in [0.29, 0.717) is 11.6 Å². The molecule has 0 radical (unpaired) electrons. The SMILES string of the molecule is Cc1ccc(N=Cc2ccc(OCc3ccccc3Cl)c(Br)c2)c(C)c1. The molecule has 0 saturated carbocycles. The van der Waals surface area contributed by atoms with Gasteiger partial charge in [0, 0.05) is 16.8 Å². The van der Waals surface area contributed by atoms with E-state index in [1.807, 2.05) is 54.7 Å². The molecular weight excluding hydrogens is 410 g/mol. The molecule has 0 aliphatic carbocycles. The number of aliphatic imine (C=N–C) groups is 1. The molecule has 132 valence electrons. The molecule has 3 aromatic rings. The molecule has 0 bridgehead atoms. The highest BCUT2D eigenvalue weighted by atomic mass is 79.9. The number of nitrogens with zero attached hydrogens (tertiary/aromatic N) is 1. The van der Waals surface area contributed by atoms with Crippen LogP contribution >= 0.6 is 27.5 Å². The number of benzene rings is 3. The van der Waals surface area contributed by atoms with Crippen molar-refractivity contribution in [3.63, 3.8) is 0 Å². The number of hydrogen-bond acceptors (Lipinski definition) is 2. The summed E-state index contributed by atoms with van der Waals surface area (Å²) < 4.78 is 6.76. The molecule has 26 heavy (non-hydrogen) atoms. The summed E-state index contributed by atoms with van der Waals surface area (Å²) in [5.74, 6) is 0.772. The van der Waals surface area contributed by atoms with Gasteiger partial charge in [0.1, 0.15) is 12.4 Å². The second-order valence-corrected chi connectivity index (χ2v) is 7.38. The third kappa shape index (κ3) is 4.75. The maximum absolute atomic E-state index is 6.17. The van der Waals surface area contributed by atoms with E-state index in [2.05, 4.69) is 46.9 Å². The van der Waals surface area contributed by atoms with Crippen molar-refractivity contribution in [2.75, 3.05) is 0 Å². The minimum absolute atomic E-state index is 0.425. The summed E-state index contributed by atoms with van der Waals surface area (Å²) >= 11 is 9.74. The van der Waals surface area contributed by atoms with Gasteiger partial charge >= 0.3 is 0 Å². The van der Waals surface area contributed by atoms with Gasteiger partial charge in [0.05, 0.1) is 10.2 Å². The summed E-state index contributed by atoms with van der Waals surface area (Å²) in [6.45, 7) is 4.58. The molecule has 2 nitrogen and oxygen atoms in total. The summed E-state index contributed by atoms with van der Waals surface area (Å²) in [6, 6.07) is 19.8. The topological polar surface area (TPSA) is 21.6 Å². The Balaban J connectivity index is 1.71. The zero-order valence-corrected chi connectivity index (χ0v) is 17.0. The van der Waals surface area contributed by atoms with Crippen LogP contribution in [0.15, 0.2) is 70.1 Å². The smallest absolute Gasteiger partial charge is 0.134 e. The Hall–Kier alpha value is -2.10. The van der Waals surface area contributed by atoms with Gasteiger partial charge < -0.3 is 4.74 Å². The van der Waals surface area contributed by atoms with Crippen LogP contribution in [0, 0.1) is 13.8 Å². The summed E-state index contributed by atoms with van der Waals surface area (Å²) in [6.07, 6.45) is 1.86. The van der Waals surface area contributed by atoms with Gasteiger partial charge in [-0.3, -0.25) is 4.99 Å². The molecular formula is C22H19BrClNO. The summed E-state index contributed by atoms with van der Waals surface area (Å²) in [5, 5.41) is 0.709. The van der Waals surface area contributed by atoms with Gasteiger partial charge in [0.25, 0.3) is 0 Å². The number of ether oxygens (including phenoxy) is 1. The van der Waals surface area contributed by atoms with E-state index >= 15 is 0 Å². The second-order valence-electron chi connectivity index (χ2n) is 6.12. The van der Waals surface area contributed by atoms with E-state index in [1.165, 1.54) is 11.1 Å². The lowest BCUT2D eigenvalue weighted by atomic mass is 10.1. The van der Waals surface area contributed by atoms with E-state index in [4.69, 9.17) is 16.3 Å². The second kappa shape index (κ2) is 8.52. The molecule has 0 aliphatic rings. The van der Waals surface area contributed by atoms with Gasteiger partial charge in [0.15, 0.2) is 0 Å². The molecule has 0 unspecified atom stereocenters. The fourth-order valence-corrected chi connectivity index (χ4v) is 3.28. The van der Waals surface area contributed by atoms with Crippen LogP contribution in [0.3, 0.4) is 0 Å². The predicted octanol–water partition coefficient (Wildman–Crippen LogP) is 7.05. The molecule has 3 rings (SSSR count). The van der Waals surface area contributed by atoms with Crippen LogP contribution in [0.25, 0.3) is 0 Å². The van der Waals surface area contributed by atoms with Crippen molar-refractivity contribution < 1.29 is 4.74 Å². The normalized spacial score (nSPS) is 11.1. The lowest BCUT2D eigenvalue weighted by Gasteiger charge is -2.10. The van der Waals surface area contributed by atoms with E-state index in [0.717, 1.165) is 27.0 Å². The van der Waals surface area contributed by atoms with Crippen LogP contribution in [0.5, 0.6) is 5.75 Å². The van der Waals surface area contributed by atoms with Crippen LogP contribution in [0.2, 0.25) is 5.02 Å². The molecule has 0 saturated heterocycles. The minimum Gasteiger partial charge on any atom is -0.488 e. The van der Waals surface area contributed by atoms with Gasteiger partial charge in [-0.25, -0.2) is 0 Å². The Morgan fingerprint density at radius 3 is 2.58 bits per heavy atom. The Morgan fingerprint density at radius 2 is 1.85 bits per heavy atom. The zero-order valence-electron chi connectivity index (χ0n) is 14.7. The van der Waals surface area contributed by atoms with Crippen molar-refractivity contribution >= 4 is 39.4 Å². The third-order valence-electron chi connectivity index (χ3n) is 4.00. The molecule has 0 spiro atoms. The van der Waals surface area contributed by atoms with Crippen LogP contribution in [0.1, 0.15) is 22.3 Å². The van der Waals surface area contributed by atoms with E-state index in [-0.39, 0.29) is 0 Å². The fourth-order valence-electron chi connectivity index (χ4n) is 2.58. The van der Waals surface area contributed by atoms with E-state index in [9.17, 15) is 0 Å². The number of rotatable bonds is 5. The fraction of sp³-hybridized carbons (Fsp3) is 0.136. The number of halogens is 2. The van der Waals surface area contributed by atoms with Crippen molar-refractivity contribution in [1.29, 1.82) is 0 Å². The summed E-state index contributed by atoms with van der Waals surface area (Å²) in [7, 11) is 0.